The fourth-order valence-electron chi connectivity index (χ4n) is 4.05. The highest BCUT2D eigenvalue weighted by atomic mass is 35.5. The summed E-state index contributed by atoms with van der Waals surface area (Å²) in [5, 5.41) is 11.3. The molecule has 0 radical (unpaired) electrons. The van der Waals surface area contributed by atoms with Gasteiger partial charge in [0, 0.05) is 33.3 Å². The number of hydrogen-bond donors (Lipinski definition) is 2. The van der Waals surface area contributed by atoms with Gasteiger partial charge in [-0.2, -0.15) is 5.10 Å². The molecular formula is C20H14Cl2N4O2. The molecule has 5 rings (SSSR count). The quantitative estimate of drug-likeness (QED) is 0.671. The molecule has 0 saturated heterocycles. The van der Waals surface area contributed by atoms with Crippen molar-refractivity contribution in [1.29, 1.82) is 0 Å². The molecule has 28 heavy (non-hydrogen) atoms. The van der Waals surface area contributed by atoms with Crippen LogP contribution < -0.4 is 10.6 Å². The van der Waals surface area contributed by atoms with E-state index in [0.717, 1.165) is 5.56 Å². The topological polar surface area (TPSA) is 76.0 Å². The maximum Gasteiger partial charge on any atom is 0.240 e. The second kappa shape index (κ2) is 6.09. The zero-order chi connectivity index (χ0) is 19.5. The Balaban J connectivity index is 1.66. The van der Waals surface area contributed by atoms with Gasteiger partial charge in [-0.15, -0.1) is 0 Å². The Hall–Kier alpha value is -2.83. The summed E-state index contributed by atoms with van der Waals surface area (Å²) in [6, 6.07) is 12.7. The Morgan fingerprint density at radius 1 is 1.07 bits per heavy atom. The second-order valence-corrected chi connectivity index (χ2v) is 7.78. The largest absolute Gasteiger partial charge is 0.325 e. The molecule has 2 aromatic carbocycles. The number of nitrogens with one attached hydrogen (secondary N) is 2. The van der Waals surface area contributed by atoms with E-state index in [4.69, 9.17) is 23.2 Å². The van der Waals surface area contributed by atoms with Crippen molar-refractivity contribution in [3.63, 3.8) is 0 Å². The Labute approximate surface area is 170 Å². The molecule has 2 amide bonds. The fraction of sp³-hybridized carbons (Fsp3) is 0.150. The highest BCUT2D eigenvalue weighted by Gasteiger charge is 2.55. The van der Waals surface area contributed by atoms with Crippen LogP contribution in [0.1, 0.15) is 23.1 Å². The van der Waals surface area contributed by atoms with Crippen LogP contribution in [0.4, 0.5) is 11.5 Å². The number of aromatic nitrogens is 2. The molecule has 0 bridgehead atoms. The van der Waals surface area contributed by atoms with E-state index in [1.54, 1.807) is 41.2 Å². The lowest BCUT2D eigenvalue weighted by Crippen LogP contribution is -2.43. The van der Waals surface area contributed by atoms with Gasteiger partial charge in [0.1, 0.15) is 11.2 Å². The second-order valence-electron chi connectivity index (χ2n) is 6.94. The summed E-state index contributed by atoms with van der Waals surface area (Å²) in [5.74, 6) is -0.0138. The normalized spacial score (nSPS) is 19.9. The van der Waals surface area contributed by atoms with Gasteiger partial charge >= 0.3 is 0 Å². The van der Waals surface area contributed by atoms with Crippen molar-refractivity contribution in [3.8, 4) is 0 Å². The molecule has 1 atom stereocenters. The molecule has 0 saturated carbocycles. The molecule has 0 aliphatic carbocycles. The predicted octanol–water partition coefficient (Wildman–Crippen LogP) is 3.82. The molecule has 3 aromatic rings. The molecule has 1 spiro atoms. The van der Waals surface area contributed by atoms with Gasteiger partial charge < -0.3 is 10.6 Å². The number of halogens is 2. The van der Waals surface area contributed by atoms with E-state index in [0.29, 0.717) is 39.2 Å². The maximum absolute atomic E-state index is 13.1. The van der Waals surface area contributed by atoms with Crippen LogP contribution in [-0.4, -0.2) is 21.6 Å². The number of carbonyl (C=O) groups excluding carboxylic acids is 2. The number of benzene rings is 2. The molecule has 2 aliphatic rings. The third kappa shape index (κ3) is 2.38. The first kappa shape index (κ1) is 17.3. The average Bonchev–Trinajstić information content (AvgIpc) is 3.18. The van der Waals surface area contributed by atoms with E-state index in [1.807, 2.05) is 12.1 Å². The summed E-state index contributed by atoms with van der Waals surface area (Å²) in [6.45, 7) is 0.430. The molecular weight excluding hydrogens is 399 g/mol. The third-order valence-electron chi connectivity index (χ3n) is 5.30. The Bertz CT molecular complexity index is 1140. The van der Waals surface area contributed by atoms with Crippen LogP contribution in [0.5, 0.6) is 0 Å². The van der Waals surface area contributed by atoms with Crippen molar-refractivity contribution in [3.05, 3.63) is 75.4 Å². The van der Waals surface area contributed by atoms with Crippen molar-refractivity contribution in [2.45, 2.75) is 18.4 Å². The first-order chi connectivity index (χ1) is 13.5. The zero-order valence-electron chi connectivity index (χ0n) is 14.5. The highest BCUT2D eigenvalue weighted by Crippen LogP contribution is 2.52. The Morgan fingerprint density at radius 2 is 1.86 bits per heavy atom. The summed E-state index contributed by atoms with van der Waals surface area (Å²) >= 11 is 12.4. The van der Waals surface area contributed by atoms with E-state index in [9.17, 15) is 9.59 Å². The molecule has 6 nitrogen and oxygen atoms in total. The van der Waals surface area contributed by atoms with E-state index >= 15 is 0 Å². The number of hydrogen-bond acceptors (Lipinski definition) is 3. The summed E-state index contributed by atoms with van der Waals surface area (Å²) < 4.78 is 1.68. The lowest BCUT2D eigenvalue weighted by atomic mass is 9.72. The zero-order valence-corrected chi connectivity index (χ0v) is 16.0. The van der Waals surface area contributed by atoms with Gasteiger partial charge in [0.05, 0.1) is 12.7 Å². The van der Waals surface area contributed by atoms with Gasteiger partial charge in [-0.3, -0.25) is 9.59 Å². The van der Waals surface area contributed by atoms with Crippen molar-refractivity contribution in [2.75, 3.05) is 10.6 Å². The van der Waals surface area contributed by atoms with Crippen molar-refractivity contribution >= 4 is 46.5 Å². The summed E-state index contributed by atoms with van der Waals surface area (Å²) in [4.78, 5) is 25.7. The minimum atomic E-state index is -1.18. The summed E-state index contributed by atoms with van der Waals surface area (Å²) in [6.07, 6.45) is 1.62. The van der Waals surface area contributed by atoms with Gasteiger partial charge in [0.25, 0.3) is 0 Å². The minimum absolute atomic E-state index is 0.0186. The number of amides is 2. The molecule has 3 heterocycles. The SMILES string of the molecule is O=C1C[C@]2(C(=O)Nc3cccc(Cl)c32)c2cnn(Cc3ccc(Cl)cc3)c2N1. The number of anilines is 2. The van der Waals surface area contributed by atoms with Gasteiger partial charge in [-0.25, -0.2) is 4.68 Å². The number of carbonyl (C=O) groups is 2. The molecule has 1 aromatic heterocycles. The van der Waals surface area contributed by atoms with Crippen LogP contribution in [0.15, 0.2) is 48.7 Å². The summed E-state index contributed by atoms with van der Waals surface area (Å²) in [5.41, 5.74) is 1.69. The monoisotopic (exact) mass is 412 g/mol. The van der Waals surface area contributed by atoms with E-state index in [2.05, 4.69) is 15.7 Å². The van der Waals surface area contributed by atoms with Gasteiger partial charge in [0.2, 0.25) is 11.8 Å². The molecule has 140 valence electrons. The van der Waals surface area contributed by atoms with Gasteiger partial charge in [-0.1, -0.05) is 41.4 Å². The van der Waals surface area contributed by atoms with Crippen LogP contribution in [0.3, 0.4) is 0 Å². The highest BCUT2D eigenvalue weighted by molar-refractivity contribution is 6.33. The standard InChI is InChI=1S/C20H14Cl2N4O2/c21-12-6-4-11(5-7-12)10-26-18-13(9-23-26)20(8-16(27)25-18)17-14(22)2-1-3-15(17)24-19(20)28/h1-7,9H,8,10H2,(H,24,28)(H,25,27)/t20-/m0/s1. The predicted molar refractivity (Wildman–Crippen MR) is 107 cm³/mol. The van der Waals surface area contributed by atoms with Crippen molar-refractivity contribution < 1.29 is 9.59 Å². The molecule has 2 aliphatic heterocycles. The van der Waals surface area contributed by atoms with Crippen LogP contribution in [0.2, 0.25) is 10.0 Å². The lowest BCUT2D eigenvalue weighted by Gasteiger charge is -2.32. The molecule has 0 unspecified atom stereocenters. The van der Waals surface area contributed by atoms with Gasteiger partial charge in [0.15, 0.2) is 0 Å². The van der Waals surface area contributed by atoms with Crippen LogP contribution in [-0.2, 0) is 21.5 Å². The smallest absolute Gasteiger partial charge is 0.240 e. The van der Waals surface area contributed by atoms with E-state index in [1.165, 1.54) is 0 Å². The first-order valence-electron chi connectivity index (χ1n) is 8.70. The number of nitrogens with zero attached hydrogens (tertiary/aromatic N) is 2. The van der Waals surface area contributed by atoms with E-state index in [-0.39, 0.29) is 18.2 Å². The summed E-state index contributed by atoms with van der Waals surface area (Å²) in [7, 11) is 0. The van der Waals surface area contributed by atoms with Crippen molar-refractivity contribution in [2.24, 2.45) is 0 Å². The fourth-order valence-corrected chi connectivity index (χ4v) is 4.52. The molecule has 0 fully saturated rings. The third-order valence-corrected chi connectivity index (χ3v) is 5.87. The number of rotatable bonds is 2. The van der Waals surface area contributed by atoms with Crippen LogP contribution >= 0.6 is 23.2 Å². The van der Waals surface area contributed by atoms with E-state index < -0.39 is 5.41 Å². The molecule has 2 N–H and O–H groups in total. The van der Waals surface area contributed by atoms with Crippen LogP contribution in [0, 0.1) is 0 Å². The van der Waals surface area contributed by atoms with Gasteiger partial charge in [-0.05, 0) is 29.8 Å². The average molecular weight is 413 g/mol. The lowest BCUT2D eigenvalue weighted by molar-refractivity contribution is -0.125. The maximum atomic E-state index is 13.1. The van der Waals surface area contributed by atoms with Crippen LogP contribution in [0.25, 0.3) is 0 Å². The Morgan fingerprint density at radius 3 is 2.64 bits per heavy atom. The van der Waals surface area contributed by atoms with Crippen molar-refractivity contribution in [1.82, 2.24) is 9.78 Å². The Kier molecular flexibility index (Phi) is 3.76. The number of fused-ring (bicyclic) bond motifs is 4. The molecule has 8 heteroatoms. The minimum Gasteiger partial charge on any atom is -0.325 e. The first-order valence-corrected chi connectivity index (χ1v) is 9.45.